The zero-order valence-electron chi connectivity index (χ0n) is 12.3. The lowest BCUT2D eigenvalue weighted by atomic mass is 10.2. The molecule has 6 nitrogen and oxygen atoms in total. The summed E-state index contributed by atoms with van der Waals surface area (Å²) in [5, 5.41) is 4.10. The van der Waals surface area contributed by atoms with Gasteiger partial charge in [-0.15, -0.1) is 0 Å². The maximum atomic E-state index is 12.3. The minimum atomic E-state index is -3.63. The van der Waals surface area contributed by atoms with Crippen molar-refractivity contribution < 1.29 is 8.42 Å². The highest BCUT2D eigenvalue weighted by molar-refractivity contribution is 7.89. The average Bonchev–Trinajstić information content (AvgIpc) is 3.05. The summed E-state index contributed by atoms with van der Waals surface area (Å²) >= 11 is 0. The number of benzene rings is 2. The molecule has 0 atom stereocenters. The molecular formula is C16H16N4O2S. The topological polar surface area (TPSA) is 90.0 Å². The molecule has 0 aliphatic rings. The predicted molar refractivity (Wildman–Crippen MR) is 88.4 cm³/mol. The van der Waals surface area contributed by atoms with Crippen LogP contribution < -0.4 is 10.5 Å². The first-order chi connectivity index (χ1) is 11.0. The number of aromatic nitrogens is 2. The van der Waals surface area contributed by atoms with Crippen LogP contribution in [0.5, 0.6) is 0 Å². The summed E-state index contributed by atoms with van der Waals surface area (Å²) in [5.41, 5.74) is 7.87. The Bertz CT molecular complexity index is 905. The first-order valence-electron chi connectivity index (χ1n) is 6.99. The molecule has 3 N–H and O–H groups in total. The van der Waals surface area contributed by atoms with E-state index in [1.165, 1.54) is 17.1 Å². The van der Waals surface area contributed by atoms with Crippen molar-refractivity contribution in [1.82, 2.24) is 14.5 Å². The number of nitrogen functional groups attached to an aromatic ring is 1. The Labute approximate surface area is 134 Å². The van der Waals surface area contributed by atoms with Gasteiger partial charge in [-0.3, -0.25) is 0 Å². The molecule has 0 amide bonds. The van der Waals surface area contributed by atoms with Crippen LogP contribution in [0.25, 0.3) is 5.69 Å². The standard InChI is InChI=1S/C16H16N4O2S/c17-14-6-4-5-13(9-14)10-19-23(21,22)16-11-18-20(12-16)15-7-2-1-3-8-15/h1-9,11-12,19H,10,17H2. The van der Waals surface area contributed by atoms with E-state index in [2.05, 4.69) is 9.82 Å². The highest BCUT2D eigenvalue weighted by Gasteiger charge is 2.16. The fraction of sp³-hybridized carbons (Fsp3) is 0.0625. The van der Waals surface area contributed by atoms with Crippen molar-refractivity contribution in [2.75, 3.05) is 5.73 Å². The second kappa shape index (κ2) is 6.23. The van der Waals surface area contributed by atoms with Crippen LogP contribution in [0, 0.1) is 0 Å². The summed E-state index contributed by atoms with van der Waals surface area (Å²) in [6, 6.07) is 16.4. The number of nitrogens with two attached hydrogens (primary N) is 1. The molecule has 0 saturated heterocycles. The summed E-state index contributed by atoms with van der Waals surface area (Å²) < 4.78 is 28.7. The van der Waals surface area contributed by atoms with Crippen LogP contribution in [0.15, 0.2) is 71.9 Å². The smallest absolute Gasteiger partial charge is 0.244 e. The predicted octanol–water partition coefficient (Wildman–Crippen LogP) is 1.93. The van der Waals surface area contributed by atoms with Crippen LogP contribution in [0.2, 0.25) is 0 Å². The number of para-hydroxylation sites is 1. The molecule has 1 heterocycles. The fourth-order valence-electron chi connectivity index (χ4n) is 2.13. The Morgan fingerprint density at radius 2 is 1.87 bits per heavy atom. The van der Waals surface area contributed by atoms with Gasteiger partial charge < -0.3 is 5.73 Å². The fourth-order valence-corrected chi connectivity index (χ4v) is 3.08. The Morgan fingerprint density at radius 3 is 2.61 bits per heavy atom. The Hall–Kier alpha value is -2.64. The molecule has 3 aromatic rings. The van der Waals surface area contributed by atoms with Gasteiger partial charge in [0.25, 0.3) is 0 Å². The Morgan fingerprint density at radius 1 is 1.09 bits per heavy atom. The molecule has 0 unspecified atom stereocenters. The minimum absolute atomic E-state index is 0.116. The van der Waals surface area contributed by atoms with Crippen LogP contribution in [-0.4, -0.2) is 18.2 Å². The molecule has 0 bridgehead atoms. The van der Waals surface area contributed by atoms with Gasteiger partial charge in [0.1, 0.15) is 4.90 Å². The number of nitrogens with one attached hydrogen (secondary N) is 1. The number of hydrogen-bond acceptors (Lipinski definition) is 4. The van der Waals surface area contributed by atoms with Gasteiger partial charge >= 0.3 is 0 Å². The molecule has 23 heavy (non-hydrogen) atoms. The minimum Gasteiger partial charge on any atom is -0.399 e. The number of anilines is 1. The zero-order valence-corrected chi connectivity index (χ0v) is 13.1. The van der Waals surface area contributed by atoms with E-state index >= 15 is 0 Å². The van der Waals surface area contributed by atoms with Gasteiger partial charge in [-0.25, -0.2) is 17.8 Å². The van der Waals surface area contributed by atoms with E-state index in [0.717, 1.165) is 11.3 Å². The molecule has 3 rings (SSSR count). The van der Waals surface area contributed by atoms with E-state index in [1.54, 1.807) is 18.2 Å². The van der Waals surface area contributed by atoms with Crippen LogP contribution in [-0.2, 0) is 16.6 Å². The first kappa shape index (κ1) is 15.3. The summed E-state index contributed by atoms with van der Waals surface area (Å²) in [6.07, 6.45) is 2.81. The lowest BCUT2D eigenvalue weighted by Gasteiger charge is -2.05. The van der Waals surface area contributed by atoms with E-state index in [4.69, 9.17) is 5.73 Å². The van der Waals surface area contributed by atoms with Crippen LogP contribution in [0.4, 0.5) is 5.69 Å². The van der Waals surface area contributed by atoms with E-state index in [9.17, 15) is 8.42 Å². The molecule has 0 fully saturated rings. The molecule has 7 heteroatoms. The number of hydrogen-bond donors (Lipinski definition) is 2. The van der Waals surface area contributed by atoms with E-state index in [0.29, 0.717) is 5.69 Å². The molecule has 1 aromatic heterocycles. The molecule has 0 aliphatic carbocycles. The molecule has 0 radical (unpaired) electrons. The monoisotopic (exact) mass is 328 g/mol. The van der Waals surface area contributed by atoms with Crippen molar-refractivity contribution in [3.8, 4) is 5.69 Å². The van der Waals surface area contributed by atoms with E-state index in [-0.39, 0.29) is 11.4 Å². The SMILES string of the molecule is Nc1cccc(CNS(=O)(=O)c2cnn(-c3ccccc3)c2)c1. The zero-order chi connectivity index (χ0) is 16.3. The summed E-state index contributed by atoms with van der Waals surface area (Å²) in [6.45, 7) is 0.171. The van der Waals surface area contributed by atoms with Gasteiger partial charge in [0.2, 0.25) is 10.0 Å². The molecule has 0 spiro atoms. The summed E-state index contributed by atoms with van der Waals surface area (Å²) in [7, 11) is -3.63. The highest BCUT2D eigenvalue weighted by Crippen LogP contribution is 2.13. The van der Waals surface area contributed by atoms with Gasteiger partial charge in [0.15, 0.2) is 0 Å². The van der Waals surface area contributed by atoms with E-state index < -0.39 is 10.0 Å². The van der Waals surface area contributed by atoms with Gasteiger partial charge in [-0.2, -0.15) is 5.10 Å². The third-order valence-electron chi connectivity index (χ3n) is 3.31. The number of rotatable bonds is 5. The number of sulfonamides is 1. The van der Waals surface area contributed by atoms with Crippen LogP contribution in [0.1, 0.15) is 5.56 Å². The van der Waals surface area contributed by atoms with Crippen molar-refractivity contribution in [3.05, 3.63) is 72.6 Å². The molecule has 0 aliphatic heterocycles. The van der Waals surface area contributed by atoms with E-state index in [1.807, 2.05) is 36.4 Å². The van der Waals surface area contributed by atoms with Crippen LogP contribution in [0.3, 0.4) is 0 Å². The summed E-state index contributed by atoms with van der Waals surface area (Å²) in [5.74, 6) is 0. The quantitative estimate of drug-likeness (QED) is 0.700. The molecule has 118 valence electrons. The third-order valence-corrected chi connectivity index (χ3v) is 4.66. The van der Waals surface area contributed by atoms with Gasteiger partial charge in [0, 0.05) is 12.2 Å². The van der Waals surface area contributed by atoms with Gasteiger partial charge in [-0.05, 0) is 29.8 Å². The second-order valence-corrected chi connectivity index (χ2v) is 6.79. The lowest BCUT2D eigenvalue weighted by Crippen LogP contribution is -2.22. The maximum absolute atomic E-state index is 12.3. The largest absolute Gasteiger partial charge is 0.399 e. The highest BCUT2D eigenvalue weighted by atomic mass is 32.2. The lowest BCUT2D eigenvalue weighted by molar-refractivity contribution is 0.581. The molecule has 0 saturated carbocycles. The van der Waals surface area contributed by atoms with Crippen molar-refractivity contribution in [1.29, 1.82) is 0 Å². The molecule has 2 aromatic carbocycles. The Kier molecular flexibility index (Phi) is 4.14. The second-order valence-electron chi connectivity index (χ2n) is 5.03. The van der Waals surface area contributed by atoms with Crippen molar-refractivity contribution in [2.45, 2.75) is 11.4 Å². The Balaban J connectivity index is 1.77. The van der Waals surface area contributed by atoms with Crippen molar-refractivity contribution in [3.63, 3.8) is 0 Å². The van der Waals surface area contributed by atoms with Crippen molar-refractivity contribution >= 4 is 15.7 Å². The third kappa shape index (κ3) is 3.58. The maximum Gasteiger partial charge on any atom is 0.244 e. The van der Waals surface area contributed by atoms with Gasteiger partial charge in [-0.1, -0.05) is 30.3 Å². The van der Waals surface area contributed by atoms with Crippen LogP contribution >= 0.6 is 0 Å². The normalized spacial score (nSPS) is 11.5. The van der Waals surface area contributed by atoms with Crippen molar-refractivity contribution in [2.24, 2.45) is 0 Å². The first-order valence-corrected chi connectivity index (χ1v) is 8.47. The summed E-state index contributed by atoms with van der Waals surface area (Å²) in [4.78, 5) is 0.116. The average molecular weight is 328 g/mol. The molecular weight excluding hydrogens is 312 g/mol. The number of nitrogens with zero attached hydrogens (tertiary/aromatic N) is 2. The van der Waals surface area contributed by atoms with Gasteiger partial charge in [0.05, 0.1) is 18.1 Å².